The molecule has 1 aliphatic heterocycles. The monoisotopic (exact) mass is 464 g/mol. The molecule has 3 heterocycles. The van der Waals surface area contributed by atoms with Gasteiger partial charge in [0.2, 0.25) is 0 Å². The lowest BCUT2D eigenvalue weighted by molar-refractivity contribution is 0.0357. The number of rotatable bonds is 8. The van der Waals surface area contributed by atoms with Gasteiger partial charge in [-0.05, 0) is 36.9 Å². The number of nitrogens with zero attached hydrogens (tertiary/aromatic N) is 3. The molecular formula is C25H28N4O3S. The molecule has 5 rings (SSSR count). The summed E-state index contributed by atoms with van der Waals surface area (Å²) < 4.78 is 17.2. The molecule has 0 saturated carbocycles. The highest BCUT2D eigenvalue weighted by molar-refractivity contribution is 7.98. The number of nitrogens with one attached hydrogen (secondary N) is 1. The minimum absolute atomic E-state index is 0.622. The van der Waals surface area contributed by atoms with Gasteiger partial charge in [0.25, 0.3) is 0 Å². The maximum absolute atomic E-state index is 6.11. The molecule has 33 heavy (non-hydrogen) atoms. The standard InChI is InChI=1S/C25H28N4O3S/c1-30-23-13-19-22(14-24(23)32-9-3-6-29-7-10-31-11-8-29)27-16-28-25(19)20-15-26-21-5-4-17(33-2)12-18(20)21/h4-5,12-16,26H,3,6-11H2,1-2H3. The molecular weight excluding hydrogens is 436 g/mol. The summed E-state index contributed by atoms with van der Waals surface area (Å²) in [6.45, 7) is 5.24. The van der Waals surface area contributed by atoms with E-state index in [0.29, 0.717) is 18.1 Å². The normalized spacial score (nSPS) is 14.7. The molecule has 1 aliphatic rings. The van der Waals surface area contributed by atoms with Crippen LogP contribution in [0.3, 0.4) is 0 Å². The van der Waals surface area contributed by atoms with Gasteiger partial charge in [0.1, 0.15) is 6.33 Å². The Labute approximate surface area is 197 Å². The summed E-state index contributed by atoms with van der Waals surface area (Å²) >= 11 is 1.73. The van der Waals surface area contributed by atoms with E-state index in [1.54, 1.807) is 25.2 Å². The number of methoxy groups -OCH3 is 1. The molecule has 1 saturated heterocycles. The van der Waals surface area contributed by atoms with Crippen molar-refractivity contribution in [1.82, 2.24) is 19.9 Å². The fourth-order valence-electron chi connectivity index (χ4n) is 4.27. The largest absolute Gasteiger partial charge is 0.493 e. The zero-order valence-electron chi connectivity index (χ0n) is 19.0. The first-order chi connectivity index (χ1) is 16.3. The molecule has 8 heteroatoms. The first kappa shape index (κ1) is 22.0. The highest BCUT2D eigenvalue weighted by Gasteiger charge is 2.16. The Morgan fingerprint density at radius 2 is 1.97 bits per heavy atom. The van der Waals surface area contributed by atoms with E-state index in [1.165, 1.54) is 4.90 Å². The Morgan fingerprint density at radius 1 is 1.09 bits per heavy atom. The molecule has 0 radical (unpaired) electrons. The van der Waals surface area contributed by atoms with Crippen LogP contribution in [0.4, 0.5) is 0 Å². The van der Waals surface area contributed by atoms with E-state index >= 15 is 0 Å². The Balaban J connectivity index is 1.42. The zero-order chi connectivity index (χ0) is 22.6. The number of fused-ring (bicyclic) bond motifs is 2. The van der Waals surface area contributed by atoms with Crippen LogP contribution in [0.25, 0.3) is 33.1 Å². The third-order valence-corrected chi connectivity index (χ3v) is 6.77. The van der Waals surface area contributed by atoms with Gasteiger partial charge in [-0.3, -0.25) is 4.90 Å². The molecule has 7 nitrogen and oxygen atoms in total. The van der Waals surface area contributed by atoms with Gasteiger partial charge in [-0.1, -0.05) is 0 Å². The first-order valence-electron chi connectivity index (χ1n) is 11.2. The summed E-state index contributed by atoms with van der Waals surface area (Å²) in [6.07, 6.45) is 6.66. The van der Waals surface area contributed by atoms with Crippen LogP contribution < -0.4 is 9.47 Å². The average Bonchev–Trinajstić information content (AvgIpc) is 3.29. The Hall–Kier alpha value is -2.81. The number of morpholine rings is 1. The molecule has 1 fully saturated rings. The van der Waals surface area contributed by atoms with Gasteiger partial charge in [-0.15, -0.1) is 11.8 Å². The zero-order valence-corrected chi connectivity index (χ0v) is 19.8. The van der Waals surface area contributed by atoms with E-state index in [4.69, 9.17) is 14.2 Å². The van der Waals surface area contributed by atoms with Crippen LogP contribution in [0.15, 0.2) is 47.8 Å². The lowest BCUT2D eigenvalue weighted by Gasteiger charge is -2.26. The van der Waals surface area contributed by atoms with Crippen LogP contribution in [0.2, 0.25) is 0 Å². The molecule has 0 aliphatic carbocycles. The minimum atomic E-state index is 0.622. The van der Waals surface area contributed by atoms with Crippen LogP contribution in [0.5, 0.6) is 11.5 Å². The van der Waals surface area contributed by atoms with Gasteiger partial charge in [0.05, 0.1) is 38.1 Å². The minimum Gasteiger partial charge on any atom is -0.493 e. The Kier molecular flexibility index (Phi) is 6.66. The maximum Gasteiger partial charge on any atom is 0.163 e. The van der Waals surface area contributed by atoms with E-state index in [9.17, 15) is 0 Å². The average molecular weight is 465 g/mol. The van der Waals surface area contributed by atoms with Crippen molar-refractivity contribution in [3.8, 4) is 22.8 Å². The van der Waals surface area contributed by atoms with Gasteiger partial charge in [-0.25, -0.2) is 9.97 Å². The molecule has 2 aromatic carbocycles. The summed E-state index contributed by atoms with van der Waals surface area (Å²) in [4.78, 5) is 16.1. The molecule has 0 spiro atoms. The van der Waals surface area contributed by atoms with Crippen LogP contribution in [-0.4, -0.2) is 72.7 Å². The predicted octanol–water partition coefficient (Wildman–Crippen LogP) is 4.61. The number of aromatic nitrogens is 3. The lowest BCUT2D eigenvalue weighted by atomic mass is 10.0. The van der Waals surface area contributed by atoms with Crippen LogP contribution in [-0.2, 0) is 4.74 Å². The first-order valence-corrected chi connectivity index (χ1v) is 12.4. The number of ether oxygens (including phenoxy) is 3. The van der Waals surface area contributed by atoms with Crippen LogP contribution in [0.1, 0.15) is 6.42 Å². The lowest BCUT2D eigenvalue weighted by Crippen LogP contribution is -2.37. The second kappa shape index (κ2) is 9.99. The van der Waals surface area contributed by atoms with Crippen molar-refractivity contribution >= 4 is 33.6 Å². The Bertz CT molecular complexity index is 1250. The quantitative estimate of drug-likeness (QED) is 0.302. The third-order valence-electron chi connectivity index (χ3n) is 6.04. The summed E-state index contributed by atoms with van der Waals surface area (Å²) in [5, 5.41) is 2.08. The van der Waals surface area contributed by atoms with Crippen molar-refractivity contribution in [2.75, 3.05) is 52.8 Å². The highest BCUT2D eigenvalue weighted by atomic mass is 32.2. The molecule has 0 unspecified atom stereocenters. The molecule has 0 bridgehead atoms. The third kappa shape index (κ3) is 4.64. The SMILES string of the molecule is COc1cc2c(-c3c[nH]c4ccc(SC)cc34)ncnc2cc1OCCCN1CCOCC1. The maximum atomic E-state index is 6.11. The number of hydrogen-bond donors (Lipinski definition) is 1. The van der Waals surface area contributed by atoms with Crippen molar-refractivity contribution in [1.29, 1.82) is 0 Å². The highest BCUT2D eigenvalue weighted by Crippen LogP contribution is 2.38. The van der Waals surface area contributed by atoms with Crippen LogP contribution in [0, 0.1) is 0 Å². The van der Waals surface area contributed by atoms with Crippen molar-refractivity contribution < 1.29 is 14.2 Å². The van der Waals surface area contributed by atoms with Gasteiger partial charge in [-0.2, -0.15) is 0 Å². The number of thioether (sulfide) groups is 1. The molecule has 4 aromatic rings. The van der Waals surface area contributed by atoms with Crippen molar-refractivity contribution in [3.63, 3.8) is 0 Å². The number of aromatic amines is 1. The van der Waals surface area contributed by atoms with E-state index in [2.05, 4.69) is 44.3 Å². The summed E-state index contributed by atoms with van der Waals surface area (Å²) in [5.74, 6) is 1.40. The summed E-state index contributed by atoms with van der Waals surface area (Å²) in [5.41, 5.74) is 3.84. The van der Waals surface area contributed by atoms with Gasteiger partial charge >= 0.3 is 0 Å². The molecule has 2 aromatic heterocycles. The Morgan fingerprint density at radius 3 is 2.79 bits per heavy atom. The van der Waals surface area contributed by atoms with Gasteiger partial charge in [0.15, 0.2) is 11.5 Å². The number of benzene rings is 2. The van der Waals surface area contributed by atoms with Crippen molar-refractivity contribution in [2.45, 2.75) is 11.3 Å². The van der Waals surface area contributed by atoms with E-state index in [1.807, 2.05) is 18.3 Å². The second-order valence-electron chi connectivity index (χ2n) is 8.01. The number of hydrogen-bond acceptors (Lipinski definition) is 7. The predicted molar refractivity (Wildman–Crippen MR) is 133 cm³/mol. The van der Waals surface area contributed by atoms with Crippen molar-refractivity contribution in [2.24, 2.45) is 0 Å². The molecule has 0 amide bonds. The smallest absolute Gasteiger partial charge is 0.163 e. The fourth-order valence-corrected chi connectivity index (χ4v) is 4.71. The van der Waals surface area contributed by atoms with E-state index in [0.717, 1.165) is 72.3 Å². The second-order valence-corrected chi connectivity index (χ2v) is 8.89. The van der Waals surface area contributed by atoms with Gasteiger partial charge in [0, 0.05) is 58.6 Å². The summed E-state index contributed by atoms with van der Waals surface area (Å²) in [7, 11) is 1.67. The summed E-state index contributed by atoms with van der Waals surface area (Å²) in [6, 6.07) is 10.4. The van der Waals surface area contributed by atoms with E-state index in [-0.39, 0.29) is 0 Å². The molecule has 172 valence electrons. The topological polar surface area (TPSA) is 72.5 Å². The van der Waals surface area contributed by atoms with Crippen molar-refractivity contribution in [3.05, 3.63) is 42.9 Å². The van der Waals surface area contributed by atoms with E-state index < -0.39 is 0 Å². The van der Waals surface area contributed by atoms with Crippen LogP contribution >= 0.6 is 11.8 Å². The number of H-pyrrole nitrogens is 1. The molecule has 1 N–H and O–H groups in total. The van der Waals surface area contributed by atoms with Gasteiger partial charge < -0.3 is 19.2 Å². The molecule has 0 atom stereocenters. The fraction of sp³-hybridized carbons (Fsp3) is 0.360.